The standard InChI is InChI=1S/C25H30F2N2/c1-18(2)20(4)29(16-22-12-23(26)14-24(27)13-22)17-25-9-6-10-28(25)15-21-8-5-7-19(3)11-21/h5-14,18,20H,15-17H2,1-4H3/p+1/t20-/m0/s1. The van der Waals surface area contributed by atoms with Crippen molar-refractivity contribution in [2.24, 2.45) is 5.92 Å². The van der Waals surface area contributed by atoms with Crippen LogP contribution in [0.4, 0.5) is 8.78 Å². The van der Waals surface area contributed by atoms with Gasteiger partial charge in [-0.1, -0.05) is 43.7 Å². The summed E-state index contributed by atoms with van der Waals surface area (Å²) in [6, 6.07) is 16.9. The van der Waals surface area contributed by atoms with Crippen LogP contribution in [0.5, 0.6) is 0 Å². The first-order valence-corrected chi connectivity index (χ1v) is 10.3. The molecule has 0 spiro atoms. The van der Waals surface area contributed by atoms with Crippen LogP contribution in [0.3, 0.4) is 0 Å². The Balaban J connectivity index is 1.82. The zero-order chi connectivity index (χ0) is 21.0. The van der Waals surface area contributed by atoms with Gasteiger partial charge < -0.3 is 9.47 Å². The van der Waals surface area contributed by atoms with Crippen LogP contribution in [0, 0.1) is 24.5 Å². The number of aryl methyl sites for hydroxylation is 1. The fourth-order valence-corrected chi connectivity index (χ4v) is 3.84. The number of quaternary nitrogens is 1. The molecule has 0 bridgehead atoms. The minimum Gasteiger partial charge on any atom is -0.342 e. The fraction of sp³-hybridized carbons (Fsp3) is 0.360. The Morgan fingerprint density at radius 1 is 0.862 bits per heavy atom. The van der Waals surface area contributed by atoms with Gasteiger partial charge in [0.2, 0.25) is 0 Å². The minimum atomic E-state index is -0.514. The molecule has 0 saturated heterocycles. The largest absolute Gasteiger partial charge is 0.342 e. The van der Waals surface area contributed by atoms with E-state index >= 15 is 0 Å². The van der Waals surface area contributed by atoms with Crippen molar-refractivity contribution in [2.75, 3.05) is 0 Å². The molecule has 2 aromatic carbocycles. The van der Waals surface area contributed by atoms with Gasteiger partial charge in [-0.2, -0.15) is 0 Å². The second kappa shape index (κ2) is 9.36. The Bertz CT molecular complexity index is 925. The molecule has 4 heteroatoms. The highest BCUT2D eigenvalue weighted by atomic mass is 19.1. The van der Waals surface area contributed by atoms with E-state index in [0.717, 1.165) is 19.2 Å². The summed E-state index contributed by atoms with van der Waals surface area (Å²) < 4.78 is 29.7. The number of nitrogens with zero attached hydrogens (tertiary/aromatic N) is 1. The van der Waals surface area contributed by atoms with E-state index in [1.807, 2.05) is 0 Å². The Labute approximate surface area is 172 Å². The molecular weight excluding hydrogens is 366 g/mol. The summed E-state index contributed by atoms with van der Waals surface area (Å²) in [6.07, 6.45) is 2.11. The topological polar surface area (TPSA) is 9.37 Å². The summed E-state index contributed by atoms with van der Waals surface area (Å²) in [7, 11) is 0. The van der Waals surface area contributed by atoms with Crippen molar-refractivity contribution in [3.05, 3.63) is 94.8 Å². The molecule has 0 aliphatic rings. The van der Waals surface area contributed by atoms with Crippen molar-refractivity contribution in [2.45, 2.75) is 53.4 Å². The lowest BCUT2D eigenvalue weighted by Crippen LogP contribution is -3.13. The maximum absolute atomic E-state index is 13.7. The third-order valence-corrected chi connectivity index (χ3v) is 5.76. The predicted molar refractivity (Wildman–Crippen MR) is 114 cm³/mol. The van der Waals surface area contributed by atoms with E-state index in [2.05, 4.69) is 74.9 Å². The molecule has 2 nitrogen and oxygen atoms in total. The van der Waals surface area contributed by atoms with E-state index in [4.69, 9.17) is 0 Å². The Hall–Kier alpha value is -2.46. The molecule has 1 unspecified atom stereocenters. The van der Waals surface area contributed by atoms with Gasteiger partial charge in [0.15, 0.2) is 0 Å². The van der Waals surface area contributed by atoms with Gasteiger partial charge in [-0.05, 0) is 43.7 Å². The van der Waals surface area contributed by atoms with Crippen LogP contribution in [0.15, 0.2) is 60.8 Å². The van der Waals surface area contributed by atoms with Crippen LogP contribution >= 0.6 is 0 Å². The molecule has 0 aliphatic carbocycles. The van der Waals surface area contributed by atoms with Gasteiger partial charge in [-0.3, -0.25) is 0 Å². The van der Waals surface area contributed by atoms with Gasteiger partial charge in [0.05, 0.1) is 11.7 Å². The van der Waals surface area contributed by atoms with E-state index in [1.54, 1.807) is 0 Å². The van der Waals surface area contributed by atoms with Gasteiger partial charge in [0, 0.05) is 30.3 Å². The van der Waals surface area contributed by atoms with Crippen LogP contribution in [-0.4, -0.2) is 10.6 Å². The first-order valence-electron chi connectivity index (χ1n) is 10.3. The Morgan fingerprint density at radius 2 is 1.59 bits per heavy atom. The lowest BCUT2D eigenvalue weighted by Gasteiger charge is -2.29. The fourth-order valence-electron chi connectivity index (χ4n) is 3.84. The lowest BCUT2D eigenvalue weighted by molar-refractivity contribution is -0.954. The molecule has 1 heterocycles. The van der Waals surface area contributed by atoms with Crippen molar-refractivity contribution in [3.63, 3.8) is 0 Å². The van der Waals surface area contributed by atoms with E-state index in [1.165, 1.54) is 33.9 Å². The molecule has 29 heavy (non-hydrogen) atoms. The SMILES string of the molecule is Cc1cccc(Cn2cccc2C[NH+](Cc2cc(F)cc(F)c2)[C@@H](C)C(C)C)c1. The van der Waals surface area contributed by atoms with E-state index in [9.17, 15) is 8.78 Å². The van der Waals surface area contributed by atoms with E-state index in [0.29, 0.717) is 24.1 Å². The van der Waals surface area contributed by atoms with E-state index < -0.39 is 11.6 Å². The molecule has 3 aromatic rings. The van der Waals surface area contributed by atoms with Gasteiger partial charge >= 0.3 is 0 Å². The Kier molecular flexibility index (Phi) is 6.86. The second-order valence-corrected chi connectivity index (χ2v) is 8.44. The molecule has 0 radical (unpaired) electrons. The summed E-state index contributed by atoms with van der Waals surface area (Å²) in [6.45, 7) is 10.9. The number of halogens is 2. The molecule has 2 atom stereocenters. The van der Waals surface area contributed by atoms with Gasteiger partial charge in [0.1, 0.15) is 24.7 Å². The van der Waals surface area contributed by atoms with Crippen molar-refractivity contribution in [3.8, 4) is 0 Å². The van der Waals surface area contributed by atoms with Crippen molar-refractivity contribution >= 4 is 0 Å². The molecule has 1 N–H and O–H groups in total. The van der Waals surface area contributed by atoms with Crippen LogP contribution in [0.1, 0.15) is 43.2 Å². The second-order valence-electron chi connectivity index (χ2n) is 8.44. The first-order chi connectivity index (χ1) is 13.8. The van der Waals surface area contributed by atoms with Crippen molar-refractivity contribution in [1.29, 1.82) is 0 Å². The van der Waals surface area contributed by atoms with Gasteiger partial charge in [-0.25, -0.2) is 8.78 Å². The van der Waals surface area contributed by atoms with Crippen LogP contribution < -0.4 is 4.90 Å². The summed E-state index contributed by atoms with van der Waals surface area (Å²) in [5.41, 5.74) is 4.45. The molecule has 154 valence electrons. The number of hydrogen-bond donors (Lipinski definition) is 1. The molecule has 3 rings (SSSR count). The van der Waals surface area contributed by atoms with Crippen LogP contribution in [0.25, 0.3) is 0 Å². The van der Waals surface area contributed by atoms with Crippen molar-refractivity contribution in [1.82, 2.24) is 4.57 Å². The van der Waals surface area contributed by atoms with E-state index in [-0.39, 0.29) is 0 Å². The summed E-state index contributed by atoms with van der Waals surface area (Å²) in [5.74, 6) is -0.567. The van der Waals surface area contributed by atoms with Gasteiger partial charge in [-0.15, -0.1) is 0 Å². The number of benzene rings is 2. The summed E-state index contributed by atoms with van der Waals surface area (Å²) in [4.78, 5) is 1.30. The minimum absolute atomic E-state index is 0.351. The average molecular weight is 398 g/mol. The highest BCUT2D eigenvalue weighted by Gasteiger charge is 2.23. The number of nitrogens with one attached hydrogen (secondary N) is 1. The van der Waals surface area contributed by atoms with Crippen LogP contribution in [0.2, 0.25) is 0 Å². The maximum Gasteiger partial charge on any atom is 0.126 e. The molecule has 1 aromatic heterocycles. The van der Waals surface area contributed by atoms with Crippen molar-refractivity contribution < 1.29 is 13.7 Å². The monoisotopic (exact) mass is 397 g/mol. The predicted octanol–water partition coefficient (Wildman–Crippen LogP) is 4.75. The van der Waals surface area contributed by atoms with Crippen LogP contribution in [-0.2, 0) is 19.6 Å². The molecule has 0 saturated carbocycles. The summed E-state index contributed by atoms with van der Waals surface area (Å²) >= 11 is 0. The molecular formula is C25H31F2N2+. The Morgan fingerprint density at radius 3 is 2.24 bits per heavy atom. The third-order valence-electron chi connectivity index (χ3n) is 5.76. The highest BCUT2D eigenvalue weighted by Crippen LogP contribution is 2.11. The third kappa shape index (κ3) is 5.77. The average Bonchev–Trinajstić information content (AvgIpc) is 3.06. The maximum atomic E-state index is 13.7. The molecule has 0 fully saturated rings. The zero-order valence-corrected chi connectivity index (χ0v) is 17.8. The number of rotatable bonds is 8. The quantitative estimate of drug-likeness (QED) is 0.562. The van der Waals surface area contributed by atoms with Gasteiger partial charge in [0.25, 0.3) is 0 Å². The number of aromatic nitrogens is 1. The zero-order valence-electron chi connectivity index (χ0n) is 17.8. The first kappa shape index (κ1) is 21.3. The normalized spacial score (nSPS) is 13.6. The molecule has 0 amide bonds. The summed E-state index contributed by atoms with van der Waals surface area (Å²) in [5, 5.41) is 0. The number of hydrogen-bond acceptors (Lipinski definition) is 0. The smallest absolute Gasteiger partial charge is 0.126 e. The highest BCUT2D eigenvalue weighted by molar-refractivity contribution is 5.23. The lowest BCUT2D eigenvalue weighted by atomic mass is 10.0. The molecule has 0 aliphatic heterocycles.